The minimum Gasteiger partial charge on any atom is -0.488 e. The Hall–Kier alpha value is -1.92. The third-order valence-electron chi connectivity index (χ3n) is 2.72. The molecule has 3 nitrogen and oxygen atoms in total. The minimum atomic E-state index is -4.76. The van der Waals surface area contributed by atoms with Crippen molar-refractivity contribution in [3.8, 4) is 11.5 Å². The van der Waals surface area contributed by atoms with Gasteiger partial charge in [0.05, 0.1) is 6.04 Å². The second-order valence-corrected chi connectivity index (χ2v) is 4.32. The molecule has 7 heteroatoms. The lowest BCUT2D eigenvalue weighted by Gasteiger charge is -2.16. The number of alkyl halides is 3. The molecule has 0 radical (unpaired) electrons. The number of para-hydroxylation sites is 2. The highest BCUT2D eigenvalue weighted by Gasteiger charge is 2.32. The van der Waals surface area contributed by atoms with E-state index in [1.165, 1.54) is 18.2 Å². The molecule has 1 unspecified atom stereocenters. The van der Waals surface area contributed by atoms with E-state index in [-0.39, 0.29) is 30.5 Å². The van der Waals surface area contributed by atoms with Gasteiger partial charge in [-0.15, -0.1) is 25.6 Å². The quantitative estimate of drug-likeness (QED) is 0.896. The van der Waals surface area contributed by atoms with Crippen LogP contribution in [0.5, 0.6) is 11.5 Å². The summed E-state index contributed by atoms with van der Waals surface area (Å²) in [7, 11) is 0. The van der Waals surface area contributed by atoms with Crippen LogP contribution in [0.3, 0.4) is 0 Å². The second-order valence-electron chi connectivity index (χ2n) is 4.32. The first-order valence-electron chi connectivity index (χ1n) is 6.24. The number of nitrogens with two attached hydrogens (primary N) is 1. The van der Waals surface area contributed by atoms with Gasteiger partial charge in [0.15, 0.2) is 11.5 Å². The van der Waals surface area contributed by atoms with Gasteiger partial charge in [-0.1, -0.05) is 42.5 Å². The molecule has 0 heterocycles. The molecule has 0 aliphatic heterocycles. The van der Waals surface area contributed by atoms with Crippen molar-refractivity contribution in [3.05, 3.63) is 60.2 Å². The molecule has 0 saturated carbocycles. The molecule has 2 aromatic rings. The summed E-state index contributed by atoms with van der Waals surface area (Å²) in [5.74, 6) is -0.383. The van der Waals surface area contributed by atoms with Crippen LogP contribution in [0.1, 0.15) is 11.6 Å². The molecule has 2 N–H and O–H groups in total. The Morgan fingerprint density at radius 1 is 0.909 bits per heavy atom. The van der Waals surface area contributed by atoms with Gasteiger partial charge in [-0.2, -0.15) is 0 Å². The molecule has 2 rings (SSSR count). The fraction of sp³-hybridized carbons (Fsp3) is 0.200. The number of hydrogen-bond acceptors (Lipinski definition) is 3. The lowest BCUT2D eigenvalue weighted by molar-refractivity contribution is -0.275. The van der Waals surface area contributed by atoms with Gasteiger partial charge in [0, 0.05) is 0 Å². The van der Waals surface area contributed by atoms with Gasteiger partial charge in [-0.3, -0.25) is 0 Å². The maximum atomic E-state index is 12.3. The first kappa shape index (κ1) is 18.1. The summed E-state index contributed by atoms with van der Waals surface area (Å²) in [6, 6.07) is 14.3. The van der Waals surface area contributed by atoms with Gasteiger partial charge in [0.1, 0.15) is 6.61 Å². The highest BCUT2D eigenvalue weighted by atomic mass is 35.5. The van der Waals surface area contributed by atoms with Crippen LogP contribution < -0.4 is 15.2 Å². The Balaban J connectivity index is 0.00000242. The number of rotatable bonds is 5. The van der Waals surface area contributed by atoms with Crippen molar-refractivity contribution in [2.75, 3.05) is 6.61 Å². The average Bonchev–Trinajstić information content (AvgIpc) is 2.45. The predicted molar refractivity (Wildman–Crippen MR) is 79.2 cm³/mol. The fourth-order valence-electron chi connectivity index (χ4n) is 1.75. The van der Waals surface area contributed by atoms with Crippen molar-refractivity contribution in [2.24, 2.45) is 5.73 Å². The molecule has 0 amide bonds. The molecule has 0 fully saturated rings. The Labute approximate surface area is 132 Å². The van der Waals surface area contributed by atoms with Crippen molar-refractivity contribution in [1.29, 1.82) is 0 Å². The zero-order valence-electron chi connectivity index (χ0n) is 11.4. The second kappa shape index (κ2) is 7.91. The normalized spacial score (nSPS) is 12.2. The molecule has 120 valence electrons. The van der Waals surface area contributed by atoms with Crippen LogP contribution in [0.15, 0.2) is 54.6 Å². The van der Waals surface area contributed by atoms with E-state index in [2.05, 4.69) is 4.74 Å². The third-order valence-corrected chi connectivity index (χ3v) is 2.72. The topological polar surface area (TPSA) is 44.5 Å². The molecule has 22 heavy (non-hydrogen) atoms. The number of halogens is 4. The molecule has 0 saturated heterocycles. The summed E-state index contributed by atoms with van der Waals surface area (Å²) in [5.41, 5.74) is 6.77. The van der Waals surface area contributed by atoms with E-state index in [9.17, 15) is 13.2 Å². The lowest BCUT2D eigenvalue weighted by atomic mass is 10.1. The standard InChI is InChI=1S/C15H14F3NO2.ClH/c16-15(17,18)21-14-9-5-4-8-13(14)20-10-12(19)11-6-2-1-3-7-11;/h1-9,12H,10,19H2;1H. The van der Waals surface area contributed by atoms with Gasteiger partial charge in [-0.25, -0.2) is 0 Å². The molecular formula is C15H15ClF3NO2. The molecule has 0 bridgehead atoms. The van der Waals surface area contributed by atoms with Crippen LogP contribution in [0.2, 0.25) is 0 Å². The predicted octanol–water partition coefficient (Wildman–Crippen LogP) is 4.09. The Kier molecular flexibility index (Phi) is 6.52. The van der Waals surface area contributed by atoms with Crippen LogP contribution in [-0.2, 0) is 0 Å². The van der Waals surface area contributed by atoms with Crippen molar-refractivity contribution in [1.82, 2.24) is 0 Å². The molecule has 0 aliphatic carbocycles. The summed E-state index contributed by atoms with van der Waals surface area (Å²) in [6.45, 7) is 0.0439. The third kappa shape index (κ3) is 5.46. The van der Waals surface area contributed by atoms with Crippen LogP contribution in [0, 0.1) is 0 Å². The minimum absolute atomic E-state index is 0. The SMILES string of the molecule is Cl.NC(COc1ccccc1OC(F)(F)F)c1ccccc1. The van der Waals surface area contributed by atoms with Gasteiger partial charge in [-0.05, 0) is 17.7 Å². The van der Waals surface area contributed by atoms with Gasteiger partial charge >= 0.3 is 6.36 Å². The summed E-state index contributed by atoms with van der Waals surface area (Å²) >= 11 is 0. The Bertz CT molecular complexity index is 579. The summed E-state index contributed by atoms with van der Waals surface area (Å²) < 4.78 is 46.1. The van der Waals surface area contributed by atoms with Crippen LogP contribution >= 0.6 is 12.4 Å². The molecule has 0 aromatic heterocycles. The maximum absolute atomic E-state index is 12.3. The van der Waals surface area contributed by atoms with E-state index in [4.69, 9.17) is 10.5 Å². The molecule has 0 spiro atoms. The monoisotopic (exact) mass is 333 g/mol. The molecule has 0 aliphatic rings. The van der Waals surface area contributed by atoms with E-state index in [0.717, 1.165) is 5.56 Å². The largest absolute Gasteiger partial charge is 0.573 e. The summed E-state index contributed by atoms with van der Waals surface area (Å²) in [6.07, 6.45) is -4.76. The van der Waals surface area contributed by atoms with E-state index < -0.39 is 12.4 Å². The Morgan fingerprint density at radius 3 is 2.05 bits per heavy atom. The van der Waals surface area contributed by atoms with Crippen molar-refractivity contribution < 1.29 is 22.6 Å². The van der Waals surface area contributed by atoms with Crippen LogP contribution in [0.25, 0.3) is 0 Å². The summed E-state index contributed by atoms with van der Waals surface area (Å²) in [5, 5.41) is 0. The van der Waals surface area contributed by atoms with Crippen molar-refractivity contribution >= 4 is 12.4 Å². The van der Waals surface area contributed by atoms with Gasteiger partial charge in [0.2, 0.25) is 0 Å². The maximum Gasteiger partial charge on any atom is 0.573 e. The van der Waals surface area contributed by atoms with Gasteiger partial charge in [0.25, 0.3) is 0 Å². The average molecular weight is 334 g/mol. The smallest absolute Gasteiger partial charge is 0.488 e. The lowest BCUT2D eigenvalue weighted by Crippen LogP contribution is -2.20. The van der Waals surface area contributed by atoms with Gasteiger partial charge < -0.3 is 15.2 Å². The number of ether oxygens (including phenoxy) is 2. The first-order chi connectivity index (χ1) is 9.96. The van der Waals surface area contributed by atoms with Crippen LogP contribution in [-0.4, -0.2) is 13.0 Å². The highest BCUT2D eigenvalue weighted by Crippen LogP contribution is 2.32. The zero-order chi connectivity index (χ0) is 15.3. The van der Waals surface area contributed by atoms with E-state index in [1.54, 1.807) is 6.07 Å². The first-order valence-corrected chi connectivity index (χ1v) is 6.24. The summed E-state index contributed by atoms with van der Waals surface area (Å²) in [4.78, 5) is 0. The number of hydrogen-bond donors (Lipinski definition) is 1. The fourth-order valence-corrected chi connectivity index (χ4v) is 1.75. The van der Waals surface area contributed by atoms with E-state index in [1.807, 2.05) is 30.3 Å². The highest BCUT2D eigenvalue weighted by molar-refractivity contribution is 5.85. The molecule has 1 atom stereocenters. The zero-order valence-corrected chi connectivity index (χ0v) is 12.2. The van der Waals surface area contributed by atoms with Crippen molar-refractivity contribution in [3.63, 3.8) is 0 Å². The van der Waals surface area contributed by atoms with E-state index in [0.29, 0.717) is 0 Å². The molecule has 2 aromatic carbocycles. The van der Waals surface area contributed by atoms with Crippen molar-refractivity contribution in [2.45, 2.75) is 12.4 Å². The van der Waals surface area contributed by atoms with Crippen LogP contribution in [0.4, 0.5) is 13.2 Å². The Morgan fingerprint density at radius 2 is 1.45 bits per heavy atom. The van der Waals surface area contributed by atoms with E-state index >= 15 is 0 Å². The molecular weight excluding hydrogens is 319 g/mol. The number of benzene rings is 2.